The van der Waals surface area contributed by atoms with Crippen LogP contribution >= 0.6 is 0 Å². The molecule has 0 saturated carbocycles. The standard InChI is InChI=1S/C17H25NO2/c1-13(2)14-4-6-15(7-5-14)16-12-17(8-9-18-16)19-10-3-11-20-17/h4-7,13,16,18H,3,8-12H2,1-2H3. The van der Waals surface area contributed by atoms with Crippen LogP contribution in [0, 0.1) is 0 Å². The number of ether oxygens (including phenoxy) is 2. The predicted octanol–water partition coefficient (Wildman–Crippen LogP) is 3.37. The minimum atomic E-state index is -0.342. The van der Waals surface area contributed by atoms with Crippen LogP contribution in [-0.4, -0.2) is 25.5 Å². The first-order valence-electron chi connectivity index (χ1n) is 7.80. The van der Waals surface area contributed by atoms with Crippen LogP contribution in [0.5, 0.6) is 0 Å². The molecule has 2 fully saturated rings. The molecule has 0 radical (unpaired) electrons. The minimum Gasteiger partial charge on any atom is -0.350 e. The van der Waals surface area contributed by atoms with E-state index in [1.165, 1.54) is 11.1 Å². The fourth-order valence-corrected chi connectivity index (χ4v) is 3.15. The molecule has 1 aromatic carbocycles. The summed E-state index contributed by atoms with van der Waals surface area (Å²) in [6.45, 7) is 7.08. The highest BCUT2D eigenvalue weighted by Crippen LogP contribution is 2.36. The number of hydrogen-bond donors (Lipinski definition) is 1. The first kappa shape index (κ1) is 14.1. The summed E-state index contributed by atoms with van der Waals surface area (Å²) in [4.78, 5) is 0. The number of hydrogen-bond acceptors (Lipinski definition) is 3. The van der Waals surface area contributed by atoms with Gasteiger partial charge in [-0.3, -0.25) is 0 Å². The molecule has 3 heteroatoms. The Labute approximate surface area is 121 Å². The molecule has 2 heterocycles. The van der Waals surface area contributed by atoms with Gasteiger partial charge in [0.2, 0.25) is 0 Å². The normalized spacial score (nSPS) is 26.1. The van der Waals surface area contributed by atoms with Crippen LogP contribution in [0.4, 0.5) is 0 Å². The van der Waals surface area contributed by atoms with Crippen molar-refractivity contribution >= 4 is 0 Å². The Bertz CT molecular complexity index is 429. The average Bonchev–Trinajstić information content (AvgIpc) is 2.48. The molecule has 0 aromatic heterocycles. The first-order chi connectivity index (χ1) is 9.69. The molecule has 2 saturated heterocycles. The van der Waals surface area contributed by atoms with E-state index in [1.54, 1.807) is 0 Å². The molecule has 0 amide bonds. The Balaban J connectivity index is 1.73. The highest BCUT2D eigenvalue weighted by Gasteiger charge is 2.40. The van der Waals surface area contributed by atoms with Gasteiger partial charge in [0.15, 0.2) is 5.79 Å². The van der Waals surface area contributed by atoms with Gasteiger partial charge in [0.1, 0.15) is 0 Å². The van der Waals surface area contributed by atoms with Gasteiger partial charge in [-0.25, -0.2) is 0 Å². The monoisotopic (exact) mass is 275 g/mol. The average molecular weight is 275 g/mol. The molecule has 20 heavy (non-hydrogen) atoms. The van der Waals surface area contributed by atoms with Gasteiger partial charge in [-0.2, -0.15) is 0 Å². The molecule has 110 valence electrons. The Kier molecular flexibility index (Phi) is 4.11. The fraction of sp³-hybridized carbons (Fsp3) is 0.647. The second kappa shape index (κ2) is 5.84. The summed E-state index contributed by atoms with van der Waals surface area (Å²) in [5.74, 6) is 0.241. The summed E-state index contributed by atoms with van der Waals surface area (Å²) in [6, 6.07) is 9.31. The maximum Gasteiger partial charge on any atom is 0.171 e. The van der Waals surface area contributed by atoms with Crippen molar-refractivity contribution < 1.29 is 9.47 Å². The Morgan fingerprint density at radius 1 is 1.15 bits per heavy atom. The van der Waals surface area contributed by atoms with E-state index in [9.17, 15) is 0 Å². The Morgan fingerprint density at radius 3 is 2.50 bits per heavy atom. The summed E-state index contributed by atoms with van der Waals surface area (Å²) in [7, 11) is 0. The van der Waals surface area contributed by atoms with Crippen LogP contribution in [0.25, 0.3) is 0 Å². The maximum atomic E-state index is 5.96. The van der Waals surface area contributed by atoms with Crippen LogP contribution < -0.4 is 5.32 Å². The largest absolute Gasteiger partial charge is 0.350 e. The van der Waals surface area contributed by atoms with Crippen LogP contribution in [0.1, 0.15) is 56.2 Å². The molecule has 1 unspecified atom stereocenters. The van der Waals surface area contributed by atoms with Crippen LogP contribution in [-0.2, 0) is 9.47 Å². The van der Waals surface area contributed by atoms with E-state index in [2.05, 4.69) is 43.4 Å². The molecule has 1 spiro atoms. The van der Waals surface area contributed by atoms with Gasteiger partial charge in [-0.1, -0.05) is 38.1 Å². The van der Waals surface area contributed by atoms with Crippen molar-refractivity contribution in [1.82, 2.24) is 5.32 Å². The molecule has 0 bridgehead atoms. The van der Waals surface area contributed by atoms with E-state index in [0.29, 0.717) is 12.0 Å². The van der Waals surface area contributed by atoms with Crippen LogP contribution in [0.2, 0.25) is 0 Å². The van der Waals surface area contributed by atoms with E-state index in [0.717, 1.165) is 39.0 Å². The molecular weight excluding hydrogens is 250 g/mol. The number of nitrogens with one attached hydrogen (secondary N) is 1. The molecule has 2 aliphatic heterocycles. The number of piperidine rings is 1. The van der Waals surface area contributed by atoms with Crippen molar-refractivity contribution in [2.45, 2.75) is 50.9 Å². The molecule has 2 aliphatic rings. The van der Waals surface area contributed by atoms with Crippen LogP contribution in [0.3, 0.4) is 0 Å². The summed E-state index contributed by atoms with van der Waals surface area (Å²) < 4.78 is 11.9. The first-order valence-corrected chi connectivity index (χ1v) is 7.80. The third kappa shape index (κ3) is 2.90. The van der Waals surface area contributed by atoms with Gasteiger partial charge in [0, 0.05) is 25.4 Å². The maximum absolute atomic E-state index is 5.96. The van der Waals surface area contributed by atoms with Gasteiger partial charge < -0.3 is 14.8 Å². The zero-order chi connectivity index (χ0) is 14.0. The highest BCUT2D eigenvalue weighted by atomic mass is 16.7. The SMILES string of the molecule is CC(C)c1ccc(C2CC3(CCN2)OCCCO3)cc1. The lowest BCUT2D eigenvalue weighted by molar-refractivity contribution is -0.281. The Morgan fingerprint density at radius 2 is 1.85 bits per heavy atom. The van der Waals surface area contributed by atoms with Gasteiger partial charge >= 0.3 is 0 Å². The quantitative estimate of drug-likeness (QED) is 0.897. The third-order valence-electron chi connectivity index (χ3n) is 4.44. The number of benzene rings is 1. The minimum absolute atomic E-state index is 0.336. The van der Waals surface area contributed by atoms with Crippen molar-refractivity contribution in [2.24, 2.45) is 0 Å². The van der Waals surface area contributed by atoms with Crippen LogP contribution in [0.15, 0.2) is 24.3 Å². The summed E-state index contributed by atoms with van der Waals surface area (Å²) in [5, 5.41) is 3.60. The van der Waals surface area contributed by atoms with E-state index >= 15 is 0 Å². The third-order valence-corrected chi connectivity index (χ3v) is 4.44. The van der Waals surface area contributed by atoms with Gasteiger partial charge in [0.25, 0.3) is 0 Å². The van der Waals surface area contributed by atoms with Gasteiger partial charge in [-0.15, -0.1) is 0 Å². The summed E-state index contributed by atoms with van der Waals surface area (Å²) >= 11 is 0. The lowest BCUT2D eigenvalue weighted by Crippen LogP contribution is -2.49. The van der Waals surface area contributed by atoms with Gasteiger partial charge in [0.05, 0.1) is 13.2 Å². The molecule has 0 aliphatic carbocycles. The predicted molar refractivity (Wildman–Crippen MR) is 79.8 cm³/mol. The van der Waals surface area contributed by atoms with Crippen molar-refractivity contribution in [3.63, 3.8) is 0 Å². The molecular formula is C17H25NO2. The van der Waals surface area contributed by atoms with E-state index in [1.807, 2.05) is 0 Å². The molecule has 1 aromatic rings. The highest BCUT2D eigenvalue weighted by molar-refractivity contribution is 5.27. The Hall–Kier alpha value is -0.900. The zero-order valence-electron chi connectivity index (χ0n) is 12.5. The van der Waals surface area contributed by atoms with E-state index in [-0.39, 0.29) is 5.79 Å². The van der Waals surface area contributed by atoms with E-state index < -0.39 is 0 Å². The van der Waals surface area contributed by atoms with Crippen molar-refractivity contribution in [3.8, 4) is 0 Å². The second-order valence-electron chi connectivity index (χ2n) is 6.24. The molecule has 1 N–H and O–H groups in total. The second-order valence-corrected chi connectivity index (χ2v) is 6.24. The van der Waals surface area contributed by atoms with Gasteiger partial charge in [-0.05, 0) is 23.5 Å². The summed E-state index contributed by atoms with van der Waals surface area (Å²) in [6.07, 6.45) is 2.88. The lowest BCUT2D eigenvalue weighted by Gasteiger charge is -2.43. The topological polar surface area (TPSA) is 30.5 Å². The number of rotatable bonds is 2. The smallest absolute Gasteiger partial charge is 0.171 e. The summed E-state index contributed by atoms with van der Waals surface area (Å²) in [5.41, 5.74) is 2.73. The van der Waals surface area contributed by atoms with Crippen molar-refractivity contribution in [1.29, 1.82) is 0 Å². The molecule has 3 rings (SSSR count). The van der Waals surface area contributed by atoms with Crippen molar-refractivity contribution in [2.75, 3.05) is 19.8 Å². The molecule has 1 atom stereocenters. The van der Waals surface area contributed by atoms with Crippen molar-refractivity contribution in [3.05, 3.63) is 35.4 Å². The van der Waals surface area contributed by atoms with E-state index in [4.69, 9.17) is 9.47 Å². The zero-order valence-corrected chi connectivity index (χ0v) is 12.5. The lowest BCUT2D eigenvalue weighted by atomic mass is 9.91. The fourth-order valence-electron chi connectivity index (χ4n) is 3.15. The molecule has 3 nitrogen and oxygen atoms in total.